The van der Waals surface area contributed by atoms with Crippen LogP contribution in [-0.2, 0) is 0 Å². The first-order valence-corrected chi connectivity index (χ1v) is 8.06. The molecule has 0 saturated heterocycles. The molecule has 2 aromatic carbocycles. The van der Waals surface area contributed by atoms with Crippen LogP contribution in [0.25, 0.3) is 10.2 Å². The first-order chi connectivity index (χ1) is 10.0. The Hall–Kier alpha value is -1.54. The first kappa shape index (κ1) is 14.4. The van der Waals surface area contributed by atoms with Crippen molar-refractivity contribution in [3.05, 3.63) is 56.4 Å². The number of nitrogens with one attached hydrogen (secondary N) is 1. The Bertz CT molecular complexity index is 827. The fourth-order valence-electron chi connectivity index (χ4n) is 2.03. The number of carbonyl (C=O) groups is 1. The molecule has 1 heterocycles. The molecule has 0 radical (unpaired) electrons. The standard InChI is InChI=1S/C15H10FIN2OS/c1-8-18-12-7-9(5-6-13(12)21-8)19-15(20)14-10(16)3-2-4-11(14)17/h2-7H,1H3,(H,19,20). The van der Waals surface area contributed by atoms with Gasteiger partial charge in [-0.3, -0.25) is 4.79 Å². The molecule has 6 heteroatoms. The molecule has 1 amide bonds. The van der Waals surface area contributed by atoms with Gasteiger partial charge >= 0.3 is 0 Å². The molecule has 0 aliphatic rings. The van der Waals surface area contributed by atoms with Crippen LogP contribution in [-0.4, -0.2) is 10.9 Å². The maximum Gasteiger partial charge on any atom is 0.259 e. The average molecular weight is 412 g/mol. The third kappa shape index (κ3) is 2.91. The van der Waals surface area contributed by atoms with E-state index in [1.165, 1.54) is 6.07 Å². The Kier molecular flexibility index (Phi) is 3.90. The fraction of sp³-hybridized carbons (Fsp3) is 0.0667. The van der Waals surface area contributed by atoms with Gasteiger partial charge in [-0.15, -0.1) is 11.3 Å². The molecule has 0 aliphatic carbocycles. The third-order valence-corrected chi connectivity index (χ3v) is 4.79. The summed E-state index contributed by atoms with van der Waals surface area (Å²) in [5.74, 6) is -0.978. The zero-order chi connectivity index (χ0) is 15.0. The zero-order valence-corrected chi connectivity index (χ0v) is 14.0. The molecule has 0 unspecified atom stereocenters. The Labute approximate surface area is 138 Å². The van der Waals surface area contributed by atoms with Gasteiger partial charge in [0.05, 0.1) is 20.8 Å². The van der Waals surface area contributed by atoms with Crippen molar-refractivity contribution in [2.45, 2.75) is 6.92 Å². The minimum atomic E-state index is -0.523. The number of halogens is 2. The van der Waals surface area contributed by atoms with Gasteiger partial charge in [-0.2, -0.15) is 0 Å². The Morgan fingerprint density at radius 1 is 1.33 bits per heavy atom. The van der Waals surface area contributed by atoms with Gasteiger partial charge in [0.15, 0.2) is 0 Å². The summed E-state index contributed by atoms with van der Waals surface area (Å²) in [6, 6.07) is 10.1. The minimum absolute atomic E-state index is 0.0626. The number of benzene rings is 2. The number of fused-ring (bicyclic) bond motifs is 1. The molecule has 106 valence electrons. The van der Waals surface area contributed by atoms with E-state index >= 15 is 0 Å². The summed E-state index contributed by atoms with van der Waals surface area (Å²) in [4.78, 5) is 16.6. The number of aromatic nitrogens is 1. The van der Waals surface area contributed by atoms with E-state index in [-0.39, 0.29) is 5.56 Å². The summed E-state index contributed by atoms with van der Waals surface area (Å²) in [5.41, 5.74) is 1.50. The van der Waals surface area contributed by atoms with Crippen molar-refractivity contribution in [1.29, 1.82) is 0 Å². The summed E-state index contributed by atoms with van der Waals surface area (Å²) < 4.78 is 15.4. The van der Waals surface area contributed by atoms with Crippen molar-refractivity contribution >= 4 is 55.7 Å². The molecule has 1 aromatic heterocycles. The van der Waals surface area contributed by atoms with Crippen LogP contribution in [0.3, 0.4) is 0 Å². The number of aryl methyl sites for hydroxylation is 1. The van der Waals surface area contributed by atoms with Gasteiger partial charge < -0.3 is 5.32 Å². The van der Waals surface area contributed by atoms with Gasteiger partial charge in [-0.1, -0.05) is 6.07 Å². The van der Waals surface area contributed by atoms with Gasteiger partial charge in [-0.25, -0.2) is 9.37 Å². The molecule has 0 spiro atoms. The number of thiazole rings is 1. The number of amides is 1. The first-order valence-electron chi connectivity index (χ1n) is 6.17. The second-order valence-corrected chi connectivity index (χ2v) is 6.86. The number of nitrogens with zero attached hydrogens (tertiary/aromatic N) is 1. The number of rotatable bonds is 2. The van der Waals surface area contributed by atoms with Crippen LogP contribution in [0.2, 0.25) is 0 Å². The number of hydrogen-bond donors (Lipinski definition) is 1. The maximum absolute atomic E-state index is 13.8. The smallest absolute Gasteiger partial charge is 0.259 e. The molecule has 21 heavy (non-hydrogen) atoms. The van der Waals surface area contributed by atoms with Crippen molar-refractivity contribution in [3.8, 4) is 0 Å². The summed E-state index contributed by atoms with van der Waals surface area (Å²) in [5, 5.41) is 3.69. The van der Waals surface area contributed by atoms with Gasteiger partial charge in [0, 0.05) is 9.26 Å². The summed E-state index contributed by atoms with van der Waals surface area (Å²) in [6.45, 7) is 1.94. The highest BCUT2D eigenvalue weighted by atomic mass is 127. The summed E-state index contributed by atoms with van der Waals surface area (Å²) >= 11 is 3.55. The quantitative estimate of drug-likeness (QED) is 0.626. The van der Waals surface area contributed by atoms with Crippen molar-refractivity contribution in [1.82, 2.24) is 4.98 Å². The summed E-state index contributed by atoms with van der Waals surface area (Å²) in [7, 11) is 0. The third-order valence-electron chi connectivity index (χ3n) is 2.94. The van der Waals surface area contributed by atoms with Crippen LogP contribution in [0.4, 0.5) is 10.1 Å². The van der Waals surface area contributed by atoms with E-state index in [9.17, 15) is 9.18 Å². The number of carbonyl (C=O) groups excluding carboxylic acids is 1. The Morgan fingerprint density at radius 3 is 2.90 bits per heavy atom. The van der Waals surface area contributed by atoms with Gasteiger partial charge in [0.1, 0.15) is 5.82 Å². The highest BCUT2D eigenvalue weighted by Gasteiger charge is 2.15. The van der Waals surface area contributed by atoms with E-state index in [0.717, 1.165) is 15.2 Å². The second kappa shape index (κ2) is 5.69. The van der Waals surface area contributed by atoms with E-state index in [1.807, 2.05) is 35.6 Å². The molecular weight excluding hydrogens is 402 g/mol. The van der Waals surface area contributed by atoms with Crippen LogP contribution in [0.15, 0.2) is 36.4 Å². The zero-order valence-electron chi connectivity index (χ0n) is 11.0. The molecule has 0 atom stereocenters. The Balaban J connectivity index is 1.92. The molecule has 3 rings (SSSR count). The van der Waals surface area contributed by atoms with Crippen molar-refractivity contribution in [2.75, 3.05) is 5.32 Å². The van der Waals surface area contributed by atoms with Crippen LogP contribution in [0, 0.1) is 16.3 Å². The van der Waals surface area contributed by atoms with Crippen molar-refractivity contribution in [2.24, 2.45) is 0 Å². The minimum Gasteiger partial charge on any atom is -0.322 e. The summed E-state index contributed by atoms with van der Waals surface area (Å²) in [6.07, 6.45) is 0. The molecule has 0 fully saturated rings. The largest absolute Gasteiger partial charge is 0.322 e. The molecule has 1 N–H and O–H groups in total. The van der Waals surface area contributed by atoms with Crippen LogP contribution in [0.1, 0.15) is 15.4 Å². The van der Waals surface area contributed by atoms with E-state index < -0.39 is 11.7 Å². The normalized spacial score (nSPS) is 10.8. The highest BCUT2D eigenvalue weighted by molar-refractivity contribution is 14.1. The van der Waals surface area contributed by atoms with Crippen molar-refractivity contribution in [3.63, 3.8) is 0 Å². The predicted octanol–water partition coefficient (Wildman–Crippen LogP) is 4.60. The Morgan fingerprint density at radius 2 is 2.14 bits per heavy atom. The van der Waals surface area contributed by atoms with E-state index in [0.29, 0.717) is 9.26 Å². The van der Waals surface area contributed by atoms with E-state index in [2.05, 4.69) is 10.3 Å². The topological polar surface area (TPSA) is 42.0 Å². The number of hydrogen-bond acceptors (Lipinski definition) is 3. The lowest BCUT2D eigenvalue weighted by atomic mass is 10.2. The molecule has 3 aromatic rings. The predicted molar refractivity (Wildman–Crippen MR) is 91.4 cm³/mol. The van der Waals surface area contributed by atoms with Gasteiger partial charge in [-0.05, 0) is 59.8 Å². The molecular formula is C15H10FIN2OS. The molecule has 0 bridgehead atoms. The van der Waals surface area contributed by atoms with Crippen LogP contribution < -0.4 is 5.32 Å². The van der Waals surface area contributed by atoms with E-state index in [4.69, 9.17) is 0 Å². The highest BCUT2D eigenvalue weighted by Crippen LogP contribution is 2.25. The van der Waals surface area contributed by atoms with Gasteiger partial charge in [0.2, 0.25) is 0 Å². The average Bonchev–Trinajstić information content (AvgIpc) is 2.77. The SMILES string of the molecule is Cc1nc2cc(NC(=O)c3c(F)cccc3I)ccc2s1. The number of anilines is 1. The van der Waals surface area contributed by atoms with Gasteiger partial charge in [0.25, 0.3) is 5.91 Å². The maximum atomic E-state index is 13.8. The lowest BCUT2D eigenvalue weighted by Crippen LogP contribution is -2.15. The van der Waals surface area contributed by atoms with Crippen LogP contribution in [0.5, 0.6) is 0 Å². The lowest BCUT2D eigenvalue weighted by Gasteiger charge is -2.07. The monoisotopic (exact) mass is 412 g/mol. The molecule has 3 nitrogen and oxygen atoms in total. The molecule has 0 aliphatic heterocycles. The lowest BCUT2D eigenvalue weighted by molar-refractivity contribution is 0.102. The molecule has 0 saturated carbocycles. The van der Waals surface area contributed by atoms with E-state index in [1.54, 1.807) is 35.6 Å². The van der Waals surface area contributed by atoms with Crippen molar-refractivity contribution < 1.29 is 9.18 Å². The van der Waals surface area contributed by atoms with Crippen LogP contribution >= 0.6 is 33.9 Å². The second-order valence-electron chi connectivity index (χ2n) is 4.47. The fourth-order valence-corrected chi connectivity index (χ4v) is 3.55.